The minimum absolute atomic E-state index is 0.733. The SMILES string of the molecule is CN(C)CCN(C)C(=S)/C(=C/N1CCOCC1)c1ccc(Cl)cc1. The quantitative estimate of drug-likeness (QED) is 0.567. The zero-order valence-electron chi connectivity index (χ0n) is 14.7. The van der Waals surface area contributed by atoms with Crippen LogP contribution in [0.5, 0.6) is 0 Å². The Hall–Kier alpha value is -1.14. The summed E-state index contributed by atoms with van der Waals surface area (Å²) in [6.45, 7) is 5.14. The van der Waals surface area contributed by atoms with E-state index in [-0.39, 0.29) is 0 Å². The molecule has 1 aromatic rings. The van der Waals surface area contributed by atoms with Gasteiger partial charge in [0.05, 0.1) is 13.2 Å². The molecule has 0 aromatic heterocycles. The van der Waals surface area contributed by atoms with Gasteiger partial charge < -0.3 is 19.4 Å². The third-order valence-electron chi connectivity index (χ3n) is 3.97. The minimum Gasteiger partial charge on any atom is -0.378 e. The Balaban J connectivity index is 2.22. The number of hydrogen-bond donors (Lipinski definition) is 0. The maximum absolute atomic E-state index is 6.04. The molecule has 132 valence electrons. The lowest BCUT2D eigenvalue weighted by atomic mass is 10.1. The molecule has 6 heteroatoms. The van der Waals surface area contributed by atoms with Gasteiger partial charge >= 0.3 is 0 Å². The molecule has 0 spiro atoms. The Morgan fingerprint density at radius 3 is 2.38 bits per heavy atom. The van der Waals surface area contributed by atoms with Gasteiger partial charge in [-0.15, -0.1) is 0 Å². The van der Waals surface area contributed by atoms with Gasteiger partial charge in [-0.05, 0) is 31.8 Å². The van der Waals surface area contributed by atoms with Crippen LogP contribution in [0.3, 0.4) is 0 Å². The molecule has 1 aliphatic heterocycles. The molecule has 0 aliphatic carbocycles. The van der Waals surface area contributed by atoms with E-state index in [0.717, 1.165) is 60.5 Å². The van der Waals surface area contributed by atoms with Crippen molar-refractivity contribution in [3.63, 3.8) is 0 Å². The van der Waals surface area contributed by atoms with Crippen molar-refractivity contribution in [2.75, 3.05) is 60.5 Å². The molecular weight excluding hydrogens is 342 g/mol. The van der Waals surface area contributed by atoms with Crippen molar-refractivity contribution in [2.45, 2.75) is 0 Å². The maximum atomic E-state index is 6.04. The summed E-state index contributed by atoms with van der Waals surface area (Å²) in [7, 11) is 6.19. The van der Waals surface area contributed by atoms with E-state index in [1.54, 1.807) is 0 Å². The topological polar surface area (TPSA) is 19.0 Å². The highest BCUT2D eigenvalue weighted by Gasteiger charge is 2.16. The molecule has 1 aromatic carbocycles. The van der Waals surface area contributed by atoms with Gasteiger partial charge in [0.2, 0.25) is 0 Å². The predicted octanol–water partition coefficient (Wildman–Crippen LogP) is 2.83. The molecule has 0 bridgehead atoms. The van der Waals surface area contributed by atoms with Crippen molar-refractivity contribution in [3.8, 4) is 0 Å². The highest BCUT2D eigenvalue weighted by Crippen LogP contribution is 2.22. The van der Waals surface area contributed by atoms with Gasteiger partial charge in [-0.2, -0.15) is 0 Å². The Kier molecular flexibility index (Phi) is 7.49. The van der Waals surface area contributed by atoms with Crippen LogP contribution < -0.4 is 0 Å². The fourth-order valence-corrected chi connectivity index (χ4v) is 2.82. The van der Waals surface area contributed by atoms with E-state index < -0.39 is 0 Å². The van der Waals surface area contributed by atoms with Crippen LogP contribution in [-0.4, -0.2) is 80.2 Å². The maximum Gasteiger partial charge on any atom is 0.111 e. The normalized spacial score (nSPS) is 15.7. The summed E-state index contributed by atoms with van der Waals surface area (Å²) in [5, 5.41) is 0.733. The molecule has 1 fully saturated rings. The third kappa shape index (κ3) is 5.74. The molecule has 1 heterocycles. The van der Waals surface area contributed by atoms with Crippen molar-refractivity contribution in [2.24, 2.45) is 0 Å². The minimum atomic E-state index is 0.733. The second-order valence-electron chi connectivity index (χ2n) is 6.23. The molecule has 0 radical (unpaired) electrons. The van der Waals surface area contributed by atoms with Gasteiger partial charge in [0, 0.05) is 50.0 Å². The summed E-state index contributed by atoms with van der Waals surface area (Å²) in [4.78, 5) is 7.42. The number of nitrogens with zero attached hydrogens (tertiary/aromatic N) is 3. The first-order valence-corrected chi connectivity index (χ1v) is 8.96. The smallest absolute Gasteiger partial charge is 0.111 e. The number of hydrogen-bond acceptors (Lipinski definition) is 4. The highest BCUT2D eigenvalue weighted by molar-refractivity contribution is 7.81. The fourth-order valence-electron chi connectivity index (χ4n) is 2.43. The van der Waals surface area contributed by atoms with Crippen molar-refractivity contribution in [1.29, 1.82) is 0 Å². The zero-order valence-corrected chi connectivity index (χ0v) is 16.2. The number of morpholine rings is 1. The molecule has 0 amide bonds. The lowest BCUT2D eigenvalue weighted by molar-refractivity contribution is 0.0596. The van der Waals surface area contributed by atoms with Crippen LogP contribution in [0.25, 0.3) is 5.57 Å². The molecule has 0 N–H and O–H groups in total. The summed E-state index contributed by atoms with van der Waals surface area (Å²) >= 11 is 11.8. The van der Waals surface area contributed by atoms with E-state index in [0.29, 0.717) is 0 Å². The third-order valence-corrected chi connectivity index (χ3v) is 4.76. The van der Waals surface area contributed by atoms with Gasteiger partial charge in [-0.1, -0.05) is 36.0 Å². The number of thiocarbonyl (C=S) groups is 1. The monoisotopic (exact) mass is 367 g/mol. The zero-order chi connectivity index (χ0) is 17.5. The van der Waals surface area contributed by atoms with Crippen molar-refractivity contribution < 1.29 is 4.74 Å². The van der Waals surface area contributed by atoms with Crippen molar-refractivity contribution in [3.05, 3.63) is 41.1 Å². The van der Waals surface area contributed by atoms with Crippen LogP contribution in [0.2, 0.25) is 5.02 Å². The molecule has 24 heavy (non-hydrogen) atoms. The fraction of sp³-hybridized carbons (Fsp3) is 0.500. The molecular formula is C18H26ClN3OS. The van der Waals surface area contributed by atoms with Crippen molar-refractivity contribution in [1.82, 2.24) is 14.7 Å². The first-order valence-electron chi connectivity index (χ1n) is 8.17. The van der Waals surface area contributed by atoms with Crippen LogP contribution in [-0.2, 0) is 4.74 Å². The Morgan fingerprint density at radius 1 is 1.17 bits per heavy atom. The average Bonchev–Trinajstić information content (AvgIpc) is 2.58. The summed E-state index contributed by atoms with van der Waals surface area (Å²) in [6, 6.07) is 7.88. The molecule has 2 rings (SSSR count). The average molecular weight is 368 g/mol. The van der Waals surface area contributed by atoms with E-state index in [9.17, 15) is 0 Å². The van der Waals surface area contributed by atoms with E-state index in [1.165, 1.54) is 0 Å². The van der Waals surface area contributed by atoms with E-state index in [2.05, 4.69) is 42.0 Å². The van der Waals surface area contributed by atoms with Crippen LogP contribution >= 0.6 is 23.8 Å². The molecule has 1 saturated heterocycles. The van der Waals surface area contributed by atoms with Gasteiger partial charge in [-0.3, -0.25) is 0 Å². The summed E-state index contributed by atoms with van der Waals surface area (Å²) in [5.74, 6) is 0. The van der Waals surface area contributed by atoms with E-state index in [1.807, 2.05) is 24.3 Å². The Labute approximate surface area is 155 Å². The summed E-state index contributed by atoms with van der Waals surface area (Å²) < 4.78 is 5.44. The standard InChI is InChI=1S/C18H26ClN3OS/c1-20(2)8-9-21(3)18(24)17(14-22-10-12-23-13-11-22)15-4-6-16(19)7-5-15/h4-7,14H,8-13H2,1-3H3/b17-14+. The number of ether oxygens (including phenoxy) is 1. The van der Waals surface area contributed by atoms with Crippen LogP contribution in [0, 0.1) is 0 Å². The number of benzene rings is 1. The molecule has 0 unspecified atom stereocenters. The van der Waals surface area contributed by atoms with Crippen LogP contribution in [0.4, 0.5) is 0 Å². The Morgan fingerprint density at radius 2 is 1.79 bits per heavy atom. The molecule has 4 nitrogen and oxygen atoms in total. The first-order chi connectivity index (χ1) is 11.5. The van der Waals surface area contributed by atoms with E-state index in [4.69, 9.17) is 28.6 Å². The Bertz CT molecular complexity index is 568. The second kappa shape index (κ2) is 9.37. The van der Waals surface area contributed by atoms with Gasteiger partial charge in [0.15, 0.2) is 0 Å². The van der Waals surface area contributed by atoms with Crippen LogP contribution in [0.1, 0.15) is 5.56 Å². The largest absolute Gasteiger partial charge is 0.378 e. The second-order valence-corrected chi connectivity index (χ2v) is 7.05. The number of likely N-dealkylation sites (N-methyl/N-ethyl adjacent to an activating group) is 2. The summed E-state index contributed by atoms with van der Waals surface area (Å²) in [5.41, 5.74) is 2.15. The first kappa shape index (κ1) is 19.2. The molecule has 0 atom stereocenters. The molecule has 0 saturated carbocycles. The highest BCUT2D eigenvalue weighted by atomic mass is 35.5. The lowest BCUT2D eigenvalue weighted by Gasteiger charge is -2.29. The summed E-state index contributed by atoms with van der Waals surface area (Å²) in [6.07, 6.45) is 2.17. The number of rotatable bonds is 6. The van der Waals surface area contributed by atoms with E-state index >= 15 is 0 Å². The lowest BCUT2D eigenvalue weighted by Crippen LogP contribution is -2.35. The predicted molar refractivity (Wildman–Crippen MR) is 106 cm³/mol. The van der Waals surface area contributed by atoms with Crippen LogP contribution in [0.15, 0.2) is 30.5 Å². The molecule has 1 aliphatic rings. The van der Waals surface area contributed by atoms with Gasteiger partial charge in [0.1, 0.15) is 4.99 Å². The van der Waals surface area contributed by atoms with Gasteiger partial charge in [0.25, 0.3) is 0 Å². The van der Waals surface area contributed by atoms with Gasteiger partial charge in [-0.25, -0.2) is 0 Å². The number of halogens is 1. The van der Waals surface area contributed by atoms with Crippen molar-refractivity contribution >= 4 is 34.4 Å².